The Kier molecular flexibility index (Phi) is 3.47. The maximum absolute atomic E-state index is 10.9. The lowest BCUT2D eigenvalue weighted by molar-refractivity contribution is -0.136. The molecule has 0 aromatic heterocycles. The fourth-order valence-corrected chi connectivity index (χ4v) is 1.26. The molecule has 1 unspecified atom stereocenters. The van der Waals surface area contributed by atoms with Crippen molar-refractivity contribution in [2.75, 3.05) is 13.0 Å². The van der Waals surface area contributed by atoms with E-state index in [1.165, 1.54) is 7.11 Å². The lowest BCUT2D eigenvalue weighted by atomic mass is 10.5. The first kappa shape index (κ1) is 10.4. The van der Waals surface area contributed by atoms with Crippen molar-refractivity contribution < 1.29 is 23.1 Å². The number of methoxy groups -OCH3 is 1. The van der Waals surface area contributed by atoms with Gasteiger partial charge in [0.2, 0.25) is 0 Å². The summed E-state index contributed by atoms with van der Waals surface area (Å²) in [4.78, 5) is 10.2. The smallest absolute Gasteiger partial charge is 0.321 e. The molecule has 0 aromatic rings. The molecule has 11 heavy (non-hydrogen) atoms. The van der Waals surface area contributed by atoms with Gasteiger partial charge in [-0.2, -0.15) is 0 Å². The molecule has 1 N–H and O–H groups in total. The number of ether oxygens (including phenoxy) is 1. The zero-order chi connectivity index (χ0) is 9.07. The molecule has 0 aliphatic carbocycles. The van der Waals surface area contributed by atoms with Gasteiger partial charge in [-0.1, -0.05) is 0 Å². The summed E-state index contributed by atoms with van der Waals surface area (Å²) in [5.41, 5.74) is 0. The summed E-state index contributed by atoms with van der Waals surface area (Å²) in [5.74, 6) is -1.91. The first-order valence-corrected chi connectivity index (χ1v) is 4.56. The van der Waals surface area contributed by atoms with E-state index in [1.54, 1.807) is 0 Å². The van der Waals surface area contributed by atoms with Gasteiger partial charge in [0.1, 0.15) is 5.94 Å². The number of rotatable bonds is 4. The van der Waals surface area contributed by atoms with Crippen molar-refractivity contribution in [3.05, 3.63) is 0 Å². The highest BCUT2D eigenvalue weighted by Crippen LogP contribution is 2.01. The molecule has 0 amide bonds. The van der Waals surface area contributed by atoms with Crippen LogP contribution in [0.2, 0.25) is 0 Å². The molecule has 66 valence electrons. The number of hydrogen-bond donors (Lipinski definition) is 1. The van der Waals surface area contributed by atoms with Gasteiger partial charge in [-0.05, 0) is 6.92 Å². The van der Waals surface area contributed by atoms with Gasteiger partial charge in [-0.25, -0.2) is 8.42 Å². The van der Waals surface area contributed by atoms with Crippen LogP contribution >= 0.6 is 0 Å². The Labute approximate surface area is 64.9 Å². The first-order valence-electron chi connectivity index (χ1n) is 2.85. The maximum Gasteiger partial charge on any atom is 0.321 e. The van der Waals surface area contributed by atoms with Crippen molar-refractivity contribution in [3.8, 4) is 0 Å². The highest BCUT2D eigenvalue weighted by molar-refractivity contribution is 7.92. The Morgan fingerprint density at radius 2 is 2.09 bits per heavy atom. The van der Waals surface area contributed by atoms with Gasteiger partial charge >= 0.3 is 5.97 Å². The Morgan fingerprint density at radius 1 is 1.64 bits per heavy atom. The number of carboxylic acid groups (broad SMARTS) is 1. The Balaban J connectivity index is 4.44. The summed E-state index contributed by atoms with van der Waals surface area (Å²) in [6.07, 6.45) is 0. The molecule has 6 heteroatoms. The predicted octanol–water partition coefficient (Wildman–Crippen LogP) is -0.522. The predicted molar refractivity (Wildman–Crippen MR) is 37.9 cm³/mol. The molecule has 0 aromatic carbocycles. The number of carbonyl (C=O) groups is 1. The Hall–Kier alpha value is -0.620. The topological polar surface area (TPSA) is 80.7 Å². The molecule has 0 spiro atoms. The van der Waals surface area contributed by atoms with Crippen LogP contribution in [0.15, 0.2) is 0 Å². The third kappa shape index (κ3) is 2.85. The van der Waals surface area contributed by atoms with Crippen molar-refractivity contribution in [2.24, 2.45) is 0 Å². The normalized spacial score (nSPS) is 14.4. The molecule has 5 nitrogen and oxygen atoms in total. The molecule has 0 saturated carbocycles. The van der Waals surface area contributed by atoms with Crippen LogP contribution < -0.4 is 0 Å². The second-order valence-electron chi connectivity index (χ2n) is 2.05. The van der Waals surface area contributed by atoms with E-state index in [4.69, 9.17) is 5.11 Å². The zero-order valence-electron chi connectivity index (χ0n) is 6.27. The van der Waals surface area contributed by atoms with Crippen molar-refractivity contribution in [3.63, 3.8) is 0 Å². The summed E-state index contributed by atoms with van der Waals surface area (Å²) in [7, 11) is -2.43. The molecule has 0 rings (SSSR count). The minimum atomic E-state index is -3.63. The zero-order valence-corrected chi connectivity index (χ0v) is 7.09. The van der Waals surface area contributed by atoms with Gasteiger partial charge in [0, 0.05) is 7.11 Å². The molecule has 0 saturated heterocycles. The van der Waals surface area contributed by atoms with E-state index in [1.807, 2.05) is 0 Å². The number of hydrogen-bond acceptors (Lipinski definition) is 4. The summed E-state index contributed by atoms with van der Waals surface area (Å²) in [5, 5.41) is 6.91. The van der Waals surface area contributed by atoms with Crippen LogP contribution in [0, 0.1) is 0 Å². The molecule has 0 bridgehead atoms. The van der Waals surface area contributed by atoms with E-state index in [9.17, 15) is 13.2 Å². The molecular formula is C5H10O5S. The fraction of sp³-hybridized carbons (Fsp3) is 0.800. The van der Waals surface area contributed by atoms with Crippen LogP contribution in [-0.2, 0) is 19.4 Å². The van der Waals surface area contributed by atoms with Crippen LogP contribution in [0.5, 0.6) is 0 Å². The first-order chi connectivity index (χ1) is 4.91. The lowest BCUT2D eigenvalue weighted by Crippen LogP contribution is -2.29. The number of carboxylic acids is 1. The van der Waals surface area contributed by atoms with Gasteiger partial charge in [0.05, 0.1) is 0 Å². The third-order valence-corrected chi connectivity index (χ3v) is 3.01. The second-order valence-corrected chi connectivity index (χ2v) is 4.32. The quantitative estimate of drug-likeness (QED) is 0.632. The number of sulfone groups is 1. The van der Waals surface area contributed by atoms with Gasteiger partial charge in [-0.3, -0.25) is 4.79 Å². The van der Waals surface area contributed by atoms with Gasteiger partial charge in [0.15, 0.2) is 15.1 Å². The molecule has 0 radical (unpaired) electrons. The van der Waals surface area contributed by atoms with Crippen LogP contribution in [-0.4, -0.2) is 37.8 Å². The number of aliphatic carboxylic acids is 1. The van der Waals surface area contributed by atoms with Crippen molar-refractivity contribution in [2.45, 2.75) is 12.2 Å². The lowest BCUT2D eigenvalue weighted by Gasteiger charge is -2.05. The minimum Gasteiger partial charge on any atom is -0.480 e. The summed E-state index contributed by atoms with van der Waals surface area (Å²) in [6.45, 7) is 1.11. The van der Waals surface area contributed by atoms with Crippen LogP contribution in [0.3, 0.4) is 0 Å². The standard InChI is InChI=1S/C5H10O5S/c1-4(5(6)7)11(8,9)3-10-2/h4H,3H2,1-2H3,(H,6,7). The van der Waals surface area contributed by atoms with E-state index < -0.39 is 27.0 Å². The largest absolute Gasteiger partial charge is 0.480 e. The van der Waals surface area contributed by atoms with E-state index in [2.05, 4.69) is 4.74 Å². The fourth-order valence-electron chi connectivity index (χ4n) is 0.420. The highest BCUT2D eigenvalue weighted by Gasteiger charge is 2.26. The van der Waals surface area contributed by atoms with E-state index >= 15 is 0 Å². The van der Waals surface area contributed by atoms with Gasteiger partial charge < -0.3 is 9.84 Å². The summed E-state index contributed by atoms with van der Waals surface area (Å²) >= 11 is 0. The molecule has 1 atom stereocenters. The van der Waals surface area contributed by atoms with Crippen LogP contribution in [0.4, 0.5) is 0 Å². The third-order valence-electron chi connectivity index (χ3n) is 1.17. The van der Waals surface area contributed by atoms with Gasteiger partial charge in [-0.15, -0.1) is 0 Å². The molecular weight excluding hydrogens is 172 g/mol. The van der Waals surface area contributed by atoms with Crippen LogP contribution in [0.25, 0.3) is 0 Å². The van der Waals surface area contributed by atoms with Crippen molar-refractivity contribution in [1.29, 1.82) is 0 Å². The molecule has 0 fully saturated rings. The maximum atomic E-state index is 10.9. The molecule has 0 aliphatic heterocycles. The summed E-state index contributed by atoms with van der Waals surface area (Å²) in [6, 6.07) is 0. The SMILES string of the molecule is COCS(=O)(=O)C(C)C(=O)O. The monoisotopic (exact) mass is 182 g/mol. The molecule has 0 aliphatic rings. The van der Waals surface area contributed by atoms with Gasteiger partial charge in [0.25, 0.3) is 0 Å². The van der Waals surface area contributed by atoms with E-state index in [0.29, 0.717) is 0 Å². The summed E-state index contributed by atoms with van der Waals surface area (Å²) < 4.78 is 26.1. The minimum absolute atomic E-state index is 0.555. The Morgan fingerprint density at radius 3 is 2.36 bits per heavy atom. The second kappa shape index (κ2) is 3.68. The van der Waals surface area contributed by atoms with E-state index in [-0.39, 0.29) is 0 Å². The average Bonchev–Trinajstić information content (AvgIpc) is 1.86. The van der Waals surface area contributed by atoms with Crippen molar-refractivity contribution in [1.82, 2.24) is 0 Å². The van der Waals surface area contributed by atoms with Crippen LogP contribution in [0.1, 0.15) is 6.92 Å². The Bertz CT molecular complexity index is 229. The van der Waals surface area contributed by atoms with E-state index in [0.717, 1.165) is 6.92 Å². The highest BCUT2D eigenvalue weighted by atomic mass is 32.2. The average molecular weight is 182 g/mol. The van der Waals surface area contributed by atoms with Crippen molar-refractivity contribution >= 4 is 15.8 Å². The molecule has 0 heterocycles.